The summed E-state index contributed by atoms with van der Waals surface area (Å²) in [7, 11) is -4.48. The van der Waals surface area contributed by atoms with Crippen LogP contribution in [0.3, 0.4) is 0 Å². The lowest BCUT2D eigenvalue weighted by Gasteiger charge is -2.34. The van der Waals surface area contributed by atoms with E-state index < -0.39 is 46.2 Å². The molecule has 2 atom stereocenters. The van der Waals surface area contributed by atoms with Crippen molar-refractivity contribution in [2.45, 2.75) is 49.1 Å². The number of carbonyl (C=O) groups excluding carboxylic acids is 1. The standard InChI is InChI=1S/C23H21F9N2O2S/c1-14-9-10-16(17(13-14)19(35)34-11-5-6-12-34)18(15-7-3-2-4-8-15)33-37(36)23(31,32)21(26,27)20(24,25)22(28,29)30/h2-4,7-10,13,18,33H,5-6,11-12H2,1H3. The predicted octanol–water partition coefficient (Wildman–Crippen LogP) is 6.00. The molecule has 0 radical (unpaired) electrons. The molecule has 1 aliphatic rings. The number of halogens is 9. The van der Waals surface area contributed by atoms with Gasteiger partial charge in [0.1, 0.15) is 0 Å². The first-order chi connectivity index (χ1) is 17.0. The predicted molar refractivity (Wildman–Crippen MR) is 117 cm³/mol. The molecule has 3 rings (SSSR count). The summed E-state index contributed by atoms with van der Waals surface area (Å²) in [6.07, 6.45) is -5.65. The van der Waals surface area contributed by atoms with E-state index in [2.05, 4.69) is 0 Å². The number of likely N-dealkylation sites (tertiary alicyclic amines) is 1. The van der Waals surface area contributed by atoms with Gasteiger partial charge in [0.15, 0.2) is 11.0 Å². The van der Waals surface area contributed by atoms with Crippen LogP contribution in [0.2, 0.25) is 0 Å². The fourth-order valence-corrected chi connectivity index (χ4v) is 4.80. The molecule has 0 aromatic heterocycles. The van der Waals surface area contributed by atoms with Crippen LogP contribution in [0.1, 0.15) is 45.9 Å². The van der Waals surface area contributed by atoms with Gasteiger partial charge in [-0.2, -0.15) is 39.5 Å². The van der Waals surface area contributed by atoms with E-state index in [-0.39, 0.29) is 16.7 Å². The van der Waals surface area contributed by atoms with Gasteiger partial charge in [-0.15, -0.1) is 0 Å². The van der Waals surface area contributed by atoms with E-state index in [4.69, 9.17) is 0 Å². The van der Waals surface area contributed by atoms with Crippen molar-refractivity contribution < 1.29 is 48.5 Å². The van der Waals surface area contributed by atoms with Crippen molar-refractivity contribution in [3.8, 4) is 0 Å². The van der Waals surface area contributed by atoms with E-state index in [9.17, 15) is 48.5 Å². The lowest BCUT2D eigenvalue weighted by molar-refractivity contribution is -0.381. The Morgan fingerprint density at radius 3 is 2.00 bits per heavy atom. The minimum atomic E-state index is -7.19. The topological polar surface area (TPSA) is 49.4 Å². The lowest BCUT2D eigenvalue weighted by atomic mass is 9.93. The number of aryl methyl sites for hydroxylation is 1. The van der Waals surface area contributed by atoms with Gasteiger partial charge in [-0.1, -0.05) is 48.0 Å². The Kier molecular flexibility index (Phi) is 8.04. The summed E-state index contributed by atoms with van der Waals surface area (Å²) >= 11 is 0. The Morgan fingerprint density at radius 2 is 1.46 bits per heavy atom. The summed E-state index contributed by atoms with van der Waals surface area (Å²) in [5, 5.41) is -6.37. The summed E-state index contributed by atoms with van der Waals surface area (Å²) in [6.45, 7) is 2.39. The number of rotatable bonds is 8. The van der Waals surface area contributed by atoms with E-state index in [0.717, 1.165) is 0 Å². The SMILES string of the molecule is Cc1ccc(C(NS(=O)C(F)(F)C(F)(F)C(F)(F)C(F)(F)F)c2ccccc2)c(C(=O)N2CCCC2)c1. The Hall–Kier alpha value is -2.61. The molecule has 0 aliphatic carbocycles. The molecule has 0 spiro atoms. The van der Waals surface area contributed by atoms with Gasteiger partial charge in [-0.25, -0.2) is 8.93 Å². The molecule has 2 aromatic rings. The van der Waals surface area contributed by atoms with E-state index in [0.29, 0.717) is 31.5 Å². The summed E-state index contributed by atoms with van der Waals surface area (Å²) in [5.74, 6) is -14.8. The number of nitrogens with zero attached hydrogens (tertiary/aromatic N) is 1. The molecular formula is C23H21F9N2O2S. The zero-order valence-corrected chi connectivity index (χ0v) is 19.9. The number of benzene rings is 2. The summed E-state index contributed by atoms with van der Waals surface area (Å²) in [4.78, 5) is 14.6. The average Bonchev–Trinajstić information content (AvgIpc) is 3.36. The number of carbonyl (C=O) groups is 1. The highest BCUT2D eigenvalue weighted by molar-refractivity contribution is 7.84. The molecule has 37 heavy (non-hydrogen) atoms. The Labute approximate surface area is 208 Å². The van der Waals surface area contributed by atoms with Gasteiger partial charge in [0.25, 0.3) is 5.91 Å². The second-order valence-electron chi connectivity index (χ2n) is 8.48. The molecule has 1 aliphatic heterocycles. The van der Waals surface area contributed by atoms with Gasteiger partial charge in [-0.3, -0.25) is 4.79 Å². The Bertz CT molecular complexity index is 1150. The second kappa shape index (κ2) is 10.3. The van der Waals surface area contributed by atoms with Crippen LogP contribution in [0, 0.1) is 6.92 Å². The van der Waals surface area contributed by atoms with Crippen LogP contribution in [-0.4, -0.2) is 51.4 Å². The van der Waals surface area contributed by atoms with Gasteiger partial charge in [-0.05, 0) is 37.0 Å². The number of nitrogens with one attached hydrogen (secondary N) is 1. The molecule has 14 heteroatoms. The molecular weight excluding hydrogens is 539 g/mol. The molecule has 1 amide bonds. The third-order valence-electron chi connectivity index (χ3n) is 5.85. The minimum absolute atomic E-state index is 0.0110. The molecule has 0 saturated carbocycles. The fourth-order valence-electron chi connectivity index (χ4n) is 3.81. The minimum Gasteiger partial charge on any atom is -0.339 e. The molecule has 0 bridgehead atoms. The van der Waals surface area contributed by atoms with Gasteiger partial charge >= 0.3 is 23.3 Å². The van der Waals surface area contributed by atoms with Crippen LogP contribution in [0.25, 0.3) is 0 Å². The maximum absolute atomic E-state index is 14.4. The highest BCUT2D eigenvalue weighted by Crippen LogP contribution is 2.54. The van der Waals surface area contributed by atoms with Crippen LogP contribution in [0.5, 0.6) is 0 Å². The fraction of sp³-hybridized carbons (Fsp3) is 0.435. The monoisotopic (exact) mass is 560 g/mol. The number of alkyl halides is 9. The average molecular weight is 560 g/mol. The molecule has 204 valence electrons. The molecule has 2 aromatic carbocycles. The highest BCUT2D eigenvalue weighted by atomic mass is 32.2. The zero-order valence-electron chi connectivity index (χ0n) is 19.1. The summed E-state index contributed by atoms with van der Waals surface area (Å²) in [5.41, 5.74) is 0.400. The van der Waals surface area contributed by atoms with Crippen molar-refractivity contribution in [3.05, 3.63) is 70.8 Å². The van der Waals surface area contributed by atoms with Crippen LogP contribution < -0.4 is 4.72 Å². The van der Waals surface area contributed by atoms with Crippen molar-refractivity contribution in [1.29, 1.82) is 0 Å². The van der Waals surface area contributed by atoms with E-state index in [1.165, 1.54) is 53.4 Å². The number of amides is 1. The molecule has 1 N–H and O–H groups in total. The smallest absolute Gasteiger partial charge is 0.339 e. The molecule has 2 unspecified atom stereocenters. The maximum Gasteiger partial charge on any atom is 0.460 e. The maximum atomic E-state index is 14.4. The highest BCUT2D eigenvalue weighted by Gasteiger charge is 2.83. The van der Waals surface area contributed by atoms with Gasteiger partial charge in [0.2, 0.25) is 0 Å². The van der Waals surface area contributed by atoms with Crippen LogP contribution in [0.15, 0.2) is 48.5 Å². The number of hydrogen-bond acceptors (Lipinski definition) is 2. The first-order valence-corrected chi connectivity index (χ1v) is 12.0. The Balaban J connectivity index is 2.08. The van der Waals surface area contributed by atoms with Gasteiger partial charge in [0.05, 0.1) is 6.04 Å². The van der Waals surface area contributed by atoms with Gasteiger partial charge in [0, 0.05) is 18.7 Å². The molecule has 4 nitrogen and oxygen atoms in total. The summed E-state index contributed by atoms with van der Waals surface area (Å²) in [6, 6.07) is 9.27. The molecule has 1 saturated heterocycles. The van der Waals surface area contributed by atoms with Crippen molar-refractivity contribution in [1.82, 2.24) is 9.62 Å². The molecule has 1 fully saturated rings. The first-order valence-electron chi connectivity index (χ1n) is 10.9. The van der Waals surface area contributed by atoms with Crippen molar-refractivity contribution in [2.24, 2.45) is 0 Å². The van der Waals surface area contributed by atoms with E-state index in [1.807, 2.05) is 0 Å². The summed E-state index contributed by atoms with van der Waals surface area (Å²) < 4.78 is 135. The number of hydrogen-bond donors (Lipinski definition) is 1. The van der Waals surface area contributed by atoms with Crippen LogP contribution >= 0.6 is 0 Å². The molecule has 1 heterocycles. The Morgan fingerprint density at radius 1 is 0.892 bits per heavy atom. The first kappa shape index (κ1) is 29.0. The third kappa shape index (κ3) is 5.35. The van der Waals surface area contributed by atoms with Crippen LogP contribution in [-0.2, 0) is 11.0 Å². The van der Waals surface area contributed by atoms with Crippen molar-refractivity contribution in [3.63, 3.8) is 0 Å². The van der Waals surface area contributed by atoms with E-state index in [1.54, 1.807) is 11.6 Å². The third-order valence-corrected chi connectivity index (χ3v) is 7.02. The normalized spacial score (nSPS) is 17.1. The largest absolute Gasteiger partial charge is 0.460 e. The quantitative estimate of drug-likeness (QED) is 0.403. The zero-order chi connectivity index (χ0) is 27.8. The van der Waals surface area contributed by atoms with Gasteiger partial charge < -0.3 is 4.90 Å². The van der Waals surface area contributed by atoms with Crippen molar-refractivity contribution >= 4 is 16.9 Å². The van der Waals surface area contributed by atoms with E-state index >= 15 is 0 Å². The van der Waals surface area contributed by atoms with Crippen LogP contribution in [0.4, 0.5) is 39.5 Å². The second-order valence-corrected chi connectivity index (χ2v) is 9.77. The van der Waals surface area contributed by atoms with Crippen molar-refractivity contribution in [2.75, 3.05) is 13.1 Å². The lowest BCUT2D eigenvalue weighted by Crippen LogP contribution is -2.63.